The number of hydrogen-bond donors (Lipinski definition) is 1. The number of fused-ring (bicyclic) bond motifs is 1. The highest BCUT2D eigenvalue weighted by molar-refractivity contribution is 8.08. The number of β-lactam (4-membered cyclic amide) rings is 1. The van der Waals surface area contributed by atoms with Gasteiger partial charge in [-0.2, -0.15) is 5.10 Å². The Morgan fingerprint density at radius 3 is 3.00 bits per heavy atom. The van der Waals surface area contributed by atoms with Crippen LogP contribution in [0.25, 0.3) is 5.03 Å². The van der Waals surface area contributed by atoms with E-state index >= 15 is 0 Å². The molecular weight excluding hydrogens is 322 g/mol. The smallest absolute Gasteiger partial charge is 0.430 e. The maximum atomic E-state index is 12.1. The molecule has 0 bridgehead atoms. The molecule has 2 aliphatic rings. The number of aromatic nitrogens is 2. The van der Waals surface area contributed by atoms with Gasteiger partial charge in [0, 0.05) is 6.20 Å². The number of aliphatic hydroxyl groups is 1. The molecule has 0 saturated carbocycles. The third-order valence-electron chi connectivity index (χ3n) is 3.40. The first-order chi connectivity index (χ1) is 11.1. The number of ether oxygens (including phenoxy) is 2. The summed E-state index contributed by atoms with van der Waals surface area (Å²) in [7, 11) is 0. The van der Waals surface area contributed by atoms with Gasteiger partial charge >= 0.3 is 6.16 Å². The monoisotopic (exact) mass is 337 g/mol. The molecular formula is C14H15N3O5S. The number of amides is 1. The maximum absolute atomic E-state index is 12.1. The molecule has 1 fully saturated rings. The van der Waals surface area contributed by atoms with Crippen molar-refractivity contribution in [1.82, 2.24) is 14.7 Å². The van der Waals surface area contributed by atoms with E-state index in [9.17, 15) is 14.7 Å². The van der Waals surface area contributed by atoms with Crippen molar-refractivity contribution in [3.63, 3.8) is 0 Å². The van der Waals surface area contributed by atoms with Crippen molar-refractivity contribution in [3.8, 4) is 0 Å². The quantitative estimate of drug-likeness (QED) is 0.489. The molecule has 1 N–H and O–H groups in total. The van der Waals surface area contributed by atoms with Crippen LogP contribution in [0.2, 0.25) is 0 Å². The van der Waals surface area contributed by atoms with Crippen LogP contribution in [0, 0.1) is 12.8 Å². The van der Waals surface area contributed by atoms with Crippen molar-refractivity contribution < 1.29 is 24.2 Å². The Labute approximate surface area is 136 Å². The molecule has 0 aromatic carbocycles. The highest BCUT2D eigenvalue weighted by Gasteiger charge is 2.56. The Morgan fingerprint density at radius 1 is 1.61 bits per heavy atom. The largest absolute Gasteiger partial charge is 0.515 e. The predicted molar refractivity (Wildman–Crippen MR) is 81.6 cm³/mol. The molecule has 8 nitrogen and oxygen atoms in total. The van der Waals surface area contributed by atoms with E-state index in [4.69, 9.17) is 9.47 Å². The summed E-state index contributed by atoms with van der Waals surface area (Å²) < 4.78 is 11.5. The summed E-state index contributed by atoms with van der Waals surface area (Å²) in [4.78, 5) is 25.2. The second-order valence-electron chi connectivity index (χ2n) is 5.03. The zero-order valence-electron chi connectivity index (χ0n) is 12.3. The van der Waals surface area contributed by atoms with Crippen LogP contribution in [0.4, 0.5) is 4.79 Å². The fourth-order valence-corrected chi connectivity index (χ4v) is 3.66. The van der Waals surface area contributed by atoms with Crippen LogP contribution in [0.5, 0.6) is 0 Å². The minimum Gasteiger partial charge on any atom is -0.430 e. The van der Waals surface area contributed by atoms with Crippen LogP contribution < -0.4 is 0 Å². The standard InChI is InChI=1S/C14H15N3O5S/c1-3-4-21-14(20)22-11-13(16-6-8(2)5-15-16)23-12-9(7-18)10(19)17(11)12/h3,5-6,9,12,18H,1,4,7H2,2H3/t9-,12+/m0/s1. The molecule has 2 atom stereocenters. The van der Waals surface area contributed by atoms with Crippen molar-refractivity contribution in [2.75, 3.05) is 13.2 Å². The molecule has 9 heteroatoms. The molecule has 2 aliphatic heterocycles. The van der Waals surface area contributed by atoms with Crippen LogP contribution in [0.3, 0.4) is 0 Å². The number of thioether (sulfide) groups is 1. The van der Waals surface area contributed by atoms with Crippen molar-refractivity contribution in [1.29, 1.82) is 0 Å². The first-order valence-electron chi connectivity index (χ1n) is 6.88. The van der Waals surface area contributed by atoms with Gasteiger partial charge in [-0.3, -0.25) is 9.69 Å². The highest BCUT2D eigenvalue weighted by atomic mass is 32.2. The van der Waals surface area contributed by atoms with Crippen LogP contribution in [-0.2, 0) is 14.3 Å². The molecule has 1 aromatic heterocycles. The van der Waals surface area contributed by atoms with E-state index in [1.165, 1.54) is 27.4 Å². The lowest BCUT2D eigenvalue weighted by molar-refractivity contribution is -0.151. The van der Waals surface area contributed by atoms with E-state index < -0.39 is 12.1 Å². The first kappa shape index (κ1) is 15.6. The van der Waals surface area contributed by atoms with E-state index in [-0.39, 0.29) is 30.4 Å². The normalized spacial score (nSPS) is 22.7. The molecule has 0 aliphatic carbocycles. The molecule has 122 valence electrons. The van der Waals surface area contributed by atoms with Crippen molar-refractivity contribution >= 4 is 28.9 Å². The number of hydrogen-bond acceptors (Lipinski definition) is 7. The van der Waals surface area contributed by atoms with Gasteiger partial charge in [0.1, 0.15) is 12.0 Å². The second kappa shape index (κ2) is 6.09. The van der Waals surface area contributed by atoms with E-state index in [2.05, 4.69) is 11.7 Å². The van der Waals surface area contributed by atoms with Gasteiger partial charge in [-0.05, 0) is 12.5 Å². The summed E-state index contributed by atoms with van der Waals surface area (Å²) in [6.45, 7) is 5.07. The van der Waals surface area contributed by atoms with Crippen LogP contribution in [0.15, 0.2) is 30.9 Å². The van der Waals surface area contributed by atoms with Crippen molar-refractivity contribution in [2.45, 2.75) is 12.3 Å². The van der Waals surface area contributed by atoms with Crippen molar-refractivity contribution in [3.05, 3.63) is 36.5 Å². The molecule has 0 spiro atoms. The molecule has 1 saturated heterocycles. The van der Waals surface area contributed by atoms with Gasteiger partial charge in [0.05, 0.1) is 18.7 Å². The topological polar surface area (TPSA) is 93.9 Å². The summed E-state index contributed by atoms with van der Waals surface area (Å²) in [5.74, 6) is -0.737. The van der Waals surface area contributed by atoms with Crippen LogP contribution in [-0.4, -0.2) is 50.4 Å². The molecule has 0 radical (unpaired) electrons. The average molecular weight is 337 g/mol. The number of rotatable bonds is 5. The number of carbonyl (C=O) groups excluding carboxylic acids is 2. The number of nitrogens with zero attached hydrogens (tertiary/aromatic N) is 3. The third kappa shape index (κ3) is 2.62. The van der Waals surface area contributed by atoms with Gasteiger partial charge in [0.2, 0.25) is 11.8 Å². The summed E-state index contributed by atoms with van der Waals surface area (Å²) in [5, 5.41) is 13.7. The van der Waals surface area contributed by atoms with E-state index in [0.29, 0.717) is 5.03 Å². The fourth-order valence-electron chi connectivity index (χ4n) is 2.31. The second-order valence-corrected chi connectivity index (χ2v) is 6.14. The number of aryl methyl sites for hydroxylation is 1. The third-order valence-corrected chi connectivity index (χ3v) is 4.77. The molecule has 1 amide bonds. The number of carbonyl (C=O) groups is 2. The highest BCUT2D eigenvalue weighted by Crippen LogP contribution is 2.51. The minimum absolute atomic E-state index is 0.00606. The molecule has 3 heterocycles. The van der Waals surface area contributed by atoms with Gasteiger partial charge in [0.25, 0.3) is 0 Å². The lowest BCUT2D eigenvalue weighted by atomic mass is 10.00. The summed E-state index contributed by atoms with van der Waals surface area (Å²) in [6.07, 6.45) is 3.89. The average Bonchev–Trinajstić information content (AvgIpc) is 3.07. The van der Waals surface area contributed by atoms with Gasteiger partial charge in [-0.1, -0.05) is 24.4 Å². The van der Waals surface area contributed by atoms with Gasteiger partial charge in [0.15, 0.2) is 5.03 Å². The summed E-state index contributed by atoms with van der Waals surface area (Å²) >= 11 is 1.31. The Morgan fingerprint density at radius 2 is 2.39 bits per heavy atom. The lowest BCUT2D eigenvalue weighted by Crippen LogP contribution is -2.58. The van der Waals surface area contributed by atoms with Crippen molar-refractivity contribution in [2.24, 2.45) is 5.92 Å². The summed E-state index contributed by atoms with van der Waals surface area (Å²) in [5.41, 5.74) is 0.922. The first-order valence-corrected chi connectivity index (χ1v) is 7.76. The predicted octanol–water partition coefficient (Wildman–Crippen LogP) is 1.14. The Hall–Kier alpha value is -2.26. The Balaban J connectivity index is 1.89. The maximum Gasteiger partial charge on any atom is 0.515 e. The van der Waals surface area contributed by atoms with Gasteiger partial charge < -0.3 is 14.6 Å². The fraction of sp³-hybridized carbons (Fsp3) is 0.357. The van der Waals surface area contributed by atoms with E-state index in [1.807, 2.05) is 6.92 Å². The van der Waals surface area contributed by atoms with Crippen LogP contribution >= 0.6 is 11.8 Å². The molecule has 0 unspecified atom stereocenters. The zero-order chi connectivity index (χ0) is 16.6. The van der Waals surface area contributed by atoms with Gasteiger partial charge in [-0.25, -0.2) is 9.48 Å². The van der Waals surface area contributed by atoms with Crippen LogP contribution in [0.1, 0.15) is 5.56 Å². The van der Waals surface area contributed by atoms with E-state index in [0.717, 1.165) is 5.56 Å². The SMILES string of the molecule is C=CCOC(=O)OC1=C(n2cc(C)cn2)S[C@@H]2[C@@H](CO)C(=O)N12. The Bertz CT molecular complexity index is 698. The molecule has 1 aromatic rings. The van der Waals surface area contributed by atoms with E-state index in [1.54, 1.807) is 12.4 Å². The summed E-state index contributed by atoms with van der Waals surface area (Å²) in [6, 6.07) is 0. The Kier molecular flexibility index (Phi) is 4.14. The molecule has 23 heavy (non-hydrogen) atoms. The molecule has 3 rings (SSSR count). The number of aliphatic hydroxyl groups excluding tert-OH is 1. The minimum atomic E-state index is -0.928. The van der Waals surface area contributed by atoms with Gasteiger partial charge in [-0.15, -0.1) is 0 Å². The zero-order valence-corrected chi connectivity index (χ0v) is 13.2. The lowest BCUT2D eigenvalue weighted by Gasteiger charge is -2.40.